The number of halogens is 1. The predicted molar refractivity (Wildman–Crippen MR) is 130 cm³/mol. The highest BCUT2D eigenvalue weighted by molar-refractivity contribution is 6.30. The Morgan fingerprint density at radius 1 is 0.969 bits per heavy atom. The molecule has 2 aromatic carbocycles. The monoisotopic (exact) mass is 446 g/mol. The van der Waals surface area contributed by atoms with Crippen molar-refractivity contribution in [1.82, 2.24) is 9.47 Å². The van der Waals surface area contributed by atoms with E-state index in [4.69, 9.17) is 16.3 Å². The van der Waals surface area contributed by atoms with E-state index in [0.717, 1.165) is 43.1 Å². The summed E-state index contributed by atoms with van der Waals surface area (Å²) in [4.78, 5) is 15.7. The molecule has 32 heavy (non-hydrogen) atoms. The summed E-state index contributed by atoms with van der Waals surface area (Å²) >= 11 is 5.96. The third-order valence-corrected chi connectivity index (χ3v) is 6.85. The summed E-state index contributed by atoms with van der Waals surface area (Å²) in [6.07, 6.45) is 5.05. The number of piperidine rings is 1. The normalized spacial score (nSPS) is 20.3. The van der Waals surface area contributed by atoms with Crippen LogP contribution in [0.25, 0.3) is 12.2 Å². The molecule has 164 valence electrons. The molecule has 0 aliphatic carbocycles. The maximum Gasteiger partial charge on any atom is 0.258 e. The Labute approximate surface area is 193 Å². The highest BCUT2D eigenvalue weighted by atomic mass is 35.5. The fourth-order valence-electron chi connectivity index (χ4n) is 5.07. The van der Waals surface area contributed by atoms with Crippen LogP contribution >= 0.6 is 11.6 Å². The minimum Gasteiger partial charge on any atom is -0.497 e. The molecule has 3 heterocycles. The molecule has 2 bridgehead atoms. The van der Waals surface area contributed by atoms with Gasteiger partial charge in [-0.05, 0) is 65.9 Å². The molecule has 0 amide bonds. The molecule has 2 atom stereocenters. The molecule has 3 aromatic rings. The number of methoxy groups -OCH3 is 1. The van der Waals surface area contributed by atoms with Crippen LogP contribution in [0.2, 0.25) is 5.02 Å². The van der Waals surface area contributed by atoms with Crippen LogP contribution in [0.4, 0.5) is 0 Å². The number of rotatable bonds is 5. The van der Waals surface area contributed by atoms with Crippen LogP contribution in [0.3, 0.4) is 0 Å². The van der Waals surface area contributed by atoms with Crippen molar-refractivity contribution in [1.29, 1.82) is 0 Å². The van der Waals surface area contributed by atoms with Gasteiger partial charge >= 0.3 is 0 Å². The standard InChI is InChI=1S/C27H27ClN2O2/c1-32-25-11-5-20(6-12-25)15-29-16-21-14-23(18-29)26-13-8-22(27(31)30(26)17-21)7-2-19-3-9-24(28)10-4-19/h2-13,21,23H,14-18H2,1H3/b7-2+/t21-,23+/m0/s1. The Kier molecular flexibility index (Phi) is 5.90. The Hall–Kier alpha value is -2.82. The molecule has 5 rings (SSSR count). The van der Waals surface area contributed by atoms with Gasteiger partial charge in [-0.1, -0.05) is 41.9 Å². The van der Waals surface area contributed by atoms with Gasteiger partial charge in [0, 0.05) is 48.4 Å². The van der Waals surface area contributed by atoms with Crippen molar-refractivity contribution in [2.75, 3.05) is 20.2 Å². The number of aromatic nitrogens is 1. The first-order chi connectivity index (χ1) is 15.6. The number of benzene rings is 2. The summed E-state index contributed by atoms with van der Waals surface area (Å²) in [5.74, 6) is 1.80. The quantitative estimate of drug-likeness (QED) is 0.533. The zero-order valence-electron chi connectivity index (χ0n) is 18.2. The summed E-state index contributed by atoms with van der Waals surface area (Å²) in [6.45, 7) is 3.75. The molecule has 4 nitrogen and oxygen atoms in total. The lowest BCUT2D eigenvalue weighted by molar-refractivity contribution is 0.114. The Bertz CT molecular complexity index is 1180. The van der Waals surface area contributed by atoms with Crippen molar-refractivity contribution in [3.05, 3.63) is 98.4 Å². The van der Waals surface area contributed by atoms with Gasteiger partial charge in [-0.25, -0.2) is 0 Å². The SMILES string of the molecule is COc1ccc(CN2C[C@@H]3C[C@H](C2)c2ccc(/C=C/c4ccc(Cl)cc4)c(=O)n2C3)cc1. The van der Waals surface area contributed by atoms with Gasteiger partial charge in [-0.2, -0.15) is 0 Å². The number of hydrogen-bond donors (Lipinski definition) is 0. The summed E-state index contributed by atoms with van der Waals surface area (Å²) in [5, 5.41) is 0.712. The molecule has 1 fully saturated rings. The lowest BCUT2D eigenvalue weighted by atomic mass is 9.82. The minimum absolute atomic E-state index is 0.117. The molecular weight excluding hydrogens is 420 g/mol. The predicted octanol–water partition coefficient (Wildman–Crippen LogP) is 5.30. The van der Waals surface area contributed by atoms with E-state index in [9.17, 15) is 4.79 Å². The van der Waals surface area contributed by atoms with Gasteiger partial charge in [0.25, 0.3) is 5.56 Å². The maximum absolute atomic E-state index is 13.2. The van der Waals surface area contributed by atoms with Gasteiger partial charge in [0.05, 0.1) is 7.11 Å². The van der Waals surface area contributed by atoms with Gasteiger partial charge < -0.3 is 9.30 Å². The van der Waals surface area contributed by atoms with Crippen LogP contribution in [-0.2, 0) is 13.1 Å². The summed E-state index contributed by atoms with van der Waals surface area (Å²) in [5.41, 5.74) is 4.35. The molecule has 2 aliphatic heterocycles. The highest BCUT2D eigenvalue weighted by Crippen LogP contribution is 2.35. The number of likely N-dealkylation sites (tertiary alicyclic amines) is 1. The van der Waals surface area contributed by atoms with Crippen molar-refractivity contribution >= 4 is 23.8 Å². The van der Waals surface area contributed by atoms with Crippen molar-refractivity contribution in [2.45, 2.75) is 25.4 Å². The van der Waals surface area contributed by atoms with Crippen LogP contribution in [0.15, 0.2) is 65.5 Å². The van der Waals surface area contributed by atoms with Gasteiger partial charge in [-0.15, -0.1) is 0 Å². The molecule has 5 heteroatoms. The summed E-state index contributed by atoms with van der Waals surface area (Å²) in [7, 11) is 1.69. The van der Waals surface area contributed by atoms with Crippen molar-refractivity contribution in [3.8, 4) is 5.75 Å². The van der Waals surface area contributed by atoms with E-state index in [0.29, 0.717) is 16.9 Å². The van der Waals surface area contributed by atoms with Crippen molar-refractivity contribution in [3.63, 3.8) is 0 Å². The Morgan fingerprint density at radius 3 is 2.50 bits per heavy atom. The second-order valence-corrected chi connectivity index (χ2v) is 9.29. The lowest BCUT2D eigenvalue weighted by Crippen LogP contribution is -2.47. The molecule has 0 spiro atoms. The van der Waals surface area contributed by atoms with Crippen LogP contribution in [-0.4, -0.2) is 29.7 Å². The average molecular weight is 447 g/mol. The fraction of sp³-hybridized carbons (Fsp3) is 0.296. The number of ether oxygens (including phenoxy) is 1. The largest absolute Gasteiger partial charge is 0.497 e. The second-order valence-electron chi connectivity index (χ2n) is 8.85. The first-order valence-corrected chi connectivity index (χ1v) is 11.5. The first kappa shape index (κ1) is 21.0. The average Bonchev–Trinajstić information content (AvgIpc) is 2.80. The van der Waals surface area contributed by atoms with Crippen LogP contribution < -0.4 is 10.3 Å². The fourth-order valence-corrected chi connectivity index (χ4v) is 5.19. The van der Waals surface area contributed by atoms with Crippen LogP contribution in [0.1, 0.15) is 34.7 Å². The molecule has 0 saturated carbocycles. The molecule has 1 aromatic heterocycles. The maximum atomic E-state index is 13.2. The van der Waals surface area contributed by atoms with Crippen LogP contribution in [0, 0.1) is 5.92 Å². The van der Waals surface area contributed by atoms with E-state index >= 15 is 0 Å². The number of fused-ring (bicyclic) bond motifs is 4. The van der Waals surface area contributed by atoms with E-state index in [1.165, 1.54) is 17.7 Å². The molecule has 2 aliphatic rings. The molecule has 1 saturated heterocycles. The number of nitrogens with zero attached hydrogens (tertiary/aromatic N) is 2. The van der Waals surface area contributed by atoms with Gasteiger partial charge in [0.2, 0.25) is 0 Å². The minimum atomic E-state index is 0.117. The zero-order chi connectivity index (χ0) is 22.1. The Morgan fingerprint density at radius 2 is 1.75 bits per heavy atom. The van der Waals surface area contributed by atoms with Crippen molar-refractivity contribution < 1.29 is 4.74 Å². The number of hydrogen-bond acceptors (Lipinski definition) is 3. The van der Waals surface area contributed by atoms with Crippen molar-refractivity contribution in [2.24, 2.45) is 5.92 Å². The number of pyridine rings is 1. The van der Waals surface area contributed by atoms with E-state index in [1.54, 1.807) is 7.11 Å². The topological polar surface area (TPSA) is 34.5 Å². The summed E-state index contributed by atoms with van der Waals surface area (Å²) < 4.78 is 7.29. The lowest BCUT2D eigenvalue weighted by Gasteiger charge is -2.43. The first-order valence-electron chi connectivity index (χ1n) is 11.1. The van der Waals surface area contributed by atoms with E-state index in [1.807, 2.05) is 59.2 Å². The molecule has 0 radical (unpaired) electrons. The smallest absolute Gasteiger partial charge is 0.258 e. The Balaban J connectivity index is 1.33. The van der Waals surface area contributed by atoms with E-state index < -0.39 is 0 Å². The second kappa shape index (κ2) is 8.97. The molecule has 0 N–H and O–H groups in total. The third kappa shape index (κ3) is 4.38. The van der Waals surface area contributed by atoms with E-state index in [-0.39, 0.29) is 5.56 Å². The third-order valence-electron chi connectivity index (χ3n) is 6.60. The summed E-state index contributed by atoms with van der Waals surface area (Å²) in [6, 6.07) is 20.1. The van der Waals surface area contributed by atoms with Gasteiger partial charge in [0.15, 0.2) is 0 Å². The van der Waals surface area contributed by atoms with Gasteiger partial charge in [-0.3, -0.25) is 9.69 Å². The zero-order valence-corrected chi connectivity index (χ0v) is 19.0. The molecule has 0 unspecified atom stereocenters. The van der Waals surface area contributed by atoms with Crippen LogP contribution in [0.5, 0.6) is 5.75 Å². The van der Waals surface area contributed by atoms with Gasteiger partial charge in [0.1, 0.15) is 5.75 Å². The highest BCUT2D eigenvalue weighted by Gasteiger charge is 2.34. The van der Waals surface area contributed by atoms with E-state index in [2.05, 4.69) is 23.1 Å². The molecular formula is C27H27ClN2O2.